The van der Waals surface area contributed by atoms with Crippen LogP contribution in [-0.2, 0) is 13.0 Å². The van der Waals surface area contributed by atoms with Crippen LogP contribution in [0.25, 0.3) is 0 Å². The zero-order valence-electron chi connectivity index (χ0n) is 14.0. The maximum atomic E-state index is 13.2. The van der Waals surface area contributed by atoms with Crippen LogP contribution < -0.4 is 5.56 Å². The number of hydrogen-bond acceptors (Lipinski definition) is 1. The molecule has 1 heterocycles. The SMILES string of the molecule is CC.CC.CC(C)c1cc(C(F)(F)C(F)(F)F)cn(C)c1=O. The number of rotatable bonds is 2. The standard InChI is InChI=1S/C11H12F5NO.2C2H6/c1-6(2)8-4-7(5-17(3)9(8)18)10(12,13)11(14,15)16;2*1-2/h4-6H,1-3H3;2*1-2H3. The highest BCUT2D eigenvalue weighted by Crippen LogP contribution is 2.43. The Bertz CT molecular complexity index is 504. The van der Waals surface area contributed by atoms with Gasteiger partial charge in [0.1, 0.15) is 0 Å². The van der Waals surface area contributed by atoms with Crippen molar-refractivity contribution in [3.63, 3.8) is 0 Å². The van der Waals surface area contributed by atoms with Gasteiger partial charge in [0.05, 0.1) is 0 Å². The molecule has 22 heavy (non-hydrogen) atoms. The molecule has 1 aromatic rings. The number of aryl methyl sites for hydroxylation is 1. The highest BCUT2D eigenvalue weighted by Gasteiger charge is 2.59. The first-order valence-corrected chi connectivity index (χ1v) is 7.14. The zero-order chi connectivity index (χ0) is 18.3. The van der Waals surface area contributed by atoms with Gasteiger partial charge in [0.25, 0.3) is 5.56 Å². The summed E-state index contributed by atoms with van der Waals surface area (Å²) in [6, 6.07) is 0.625. The molecule has 130 valence electrons. The first kappa shape index (κ1) is 22.9. The normalized spacial score (nSPS) is 11.3. The molecule has 0 aromatic carbocycles. The summed E-state index contributed by atoms with van der Waals surface area (Å²) in [6.07, 6.45) is -5.17. The summed E-state index contributed by atoms with van der Waals surface area (Å²) in [5.41, 5.74) is -1.87. The van der Waals surface area contributed by atoms with Crippen LogP contribution in [-0.4, -0.2) is 10.7 Å². The fourth-order valence-corrected chi connectivity index (χ4v) is 1.49. The van der Waals surface area contributed by atoms with Gasteiger partial charge < -0.3 is 4.57 Å². The lowest BCUT2D eigenvalue weighted by atomic mass is 10.0. The van der Waals surface area contributed by atoms with Crippen LogP contribution in [0.3, 0.4) is 0 Å². The second kappa shape index (κ2) is 8.90. The van der Waals surface area contributed by atoms with Crippen molar-refractivity contribution in [1.82, 2.24) is 4.57 Å². The summed E-state index contributed by atoms with van der Waals surface area (Å²) in [4.78, 5) is 11.6. The van der Waals surface area contributed by atoms with Crippen LogP contribution in [0.4, 0.5) is 22.0 Å². The van der Waals surface area contributed by atoms with Crippen LogP contribution in [0.15, 0.2) is 17.1 Å². The number of pyridine rings is 1. The number of nitrogens with zero attached hydrogens (tertiary/aromatic N) is 1. The maximum Gasteiger partial charge on any atom is 0.458 e. The van der Waals surface area contributed by atoms with Gasteiger partial charge in [-0.2, -0.15) is 22.0 Å². The fraction of sp³-hybridized carbons (Fsp3) is 0.667. The third kappa shape index (κ3) is 5.10. The van der Waals surface area contributed by atoms with E-state index >= 15 is 0 Å². The van der Waals surface area contributed by atoms with Gasteiger partial charge in [-0.3, -0.25) is 4.79 Å². The number of hydrogen-bond donors (Lipinski definition) is 0. The van der Waals surface area contributed by atoms with E-state index in [0.717, 1.165) is 11.6 Å². The molecule has 1 rings (SSSR count). The number of halogens is 5. The Morgan fingerprint density at radius 3 is 1.73 bits per heavy atom. The minimum atomic E-state index is -5.68. The van der Waals surface area contributed by atoms with Gasteiger partial charge in [-0.15, -0.1) is 0 Å². The molecule has 0 aliphatic carbocycles. The molecule has 0 aliphatic rings. The third-order valence-electron chi connectivity index (χ3n) is 2.55. The highest BCUT2D eigenvalue weighted by atomic mass is 19.4. The Morgan fingerprint density at radius 2 is 1.41 bits per heavy atom. The van der Waals surface area contributed by atoms with E-state index in [2.05, 4.69) is 0 Å². The van der Waals surface area contributed by atoms with Gasteiger partial charge in [-0.1, -0.05) is 41.5 Å². The molecule has 0 saturated carbocycles. The molecule has 0 spiro atoms. The van der Waals surface area contributed by atoms with Crippen molar-refractivity contribution in [2.24, 2.45) is 7.05 Å². The summed E-state index contributed by atoms with van der Waals surface area (Å²) in [5.74, 6) is -5.41. The Morgan fingerprint density at radius 1 is 1.00 bits per heavy atom. The quantitative estimate of drug-likeness (QED) is 0.682. The highest BCUT2D eigenvalue weighted by molar-refractivity contribution is 5.26. The molecule has 0 saturated heterocycles. The Balaban J connectivity index is 0. The summed E-state index contributed by atoms with van der Waals surface area (Å²) in [7, 11) is 1.14. The van der Waals surface area contributed by atoms with Crippen LogP contribution in [0.2, 0.25) is 0 Å². The van der Waals surface area contributed by atoms with E-state index in [4.69, 9.17) is 0 Å². The van der Waals surface area contributed by atoms with Crippen molar-refractivity contribution in [3.8, 4) is 0 Å². The Kier molecular flexibility index (Phi) is 9.26. The van der Waals surface area contributed by atoms with Crippen LogP contribution in [0.1, 0.15) is 58.6 Å². The second-order valence-electron chi connectivity index (χ2n) is 4.33. The summed E-state index contributed by atoms with van der Waals surface area (Å²) in [5, 5.41) is 0. The lowest BCUT2D eigenvalue weighted by Crippen LogP contribution is -2.35. The molecule has 0 unspecified atom stereocenters. The van der Waals surface area contributed by atoms with E-state index < -0.39 is 29.1 Å². The molecule has 0 fully saturated rings. The van der Waals surface area contributed by atoms with Crippen LogP contribution in [0, 0.1) is 0 Å². The molecule has 0 bridgehead atoms. The zero-order valence-corrected chi connectivity index (χ0v) is 14.0. The molecule has 1 aromatic heterocycles. The van der Waals surface area contributed by atoms with Crippen molar-refractivity contribution < 1.29 is 22.0 Å². The Labute approximate surface area is 128 Å². The van der Waals surface area contributed by atoms with Crippen molar-refractivity contribution in [2.45, 2.75) is 59.6 Å². The maximum absolute atomic E-state index is 13.2. The lowest BCUT2D eigenvalue weighted by molar-refractivity contribution is -0.289. The molecule has 0 N–H and O–H groups in total. The molecule has 0 amide bonds. The first-order chi connectivity index (χ1) is 9.98. The van der Waals surface area contributed by atoms with Gasteiger partial charge in [0, 0.05) is 24.4 Å². The topological polar surface area (TPSA) is 22.0 Å². The lowest BCUT2D eigenvalue weighted by Gasteiger charge is -2.21. The molecule has 7 heteroatoms. The van der Waals surface area contributed by atoms with Gasteiger partial charge in [0.2, 0.25) is 0 Å². The third-order valence-corrected chi connectivity index (χ3v) is 2.55. The minimum absolute atomic E-state index is 0.0704. The molecule has 0 aliphatic heterocycles. The monoisotopic (exact) mass is 329 g/mol. The molecule has 0 atom stereocenters. The fourth-order valence-electron chi connectivity index (χ4n) is 1.49. The Hall–Kier alpha value is -1.40. The molecule has 2 nitrogen and oxygen atoms in total. The van der Waals surface area contributed by atoms with Gasteiger partial charge in [0.15, 0.2) is 0 Å². The summed E-state index contributed by atoms with van der Waals surface area (Å²) >= 11 is 0. The largest absolute Gasteiger partial charge is 0.458 e. The van der Waals surface area contributed by atoms with E-state index in [9.17, 15) is 26.7 Å². The second-order valence-corrected chi connectivity index (χ2v) is 4.33. The van der Waals surface area contributed by atoms with Crippen molar-refractivity contribution in [1.29, 1.82) is 0 Å². The molecular weight excluding hydrogens is 305 g/mol. The van der Waals surface area contributed by atoms with E-state index in [-0.39, 0.29) is 5.56 Å². The van der Waals surface area contributed by atoms with Crippen molar-refractivity contribution >= 4 is 0 Å². The van der Waals surface area contributed by atoms with E-state index in [1.54, 1.807) is 13.8 Å². The van der Waals surface area contributed by atoms with Crippen molar-refractivity contribution in [2.75, 3.05) is 0 Å². The average molecular weight is 329 g/mol. The number of alkyl halides is 5. The predicted octanol–water partition coefficient (Wildman–Crippen LogP) is 5.22. The van der Waals surface area contributed by atoms with Crippen molar-refractivity contribution in [3.05, 3.63) is 33.7 Å². The predicted molar refractivity (Wildman–Crippen MR) is 78.4 cm³/mol. The van der Waals surface area contributed by atoms with Crippen LogP contribution in [0.5, 0.6) is 0 Å². The molecule has 0 radical (unpaired) electrons. The van der Waals surface area contributed by atoms with E-state index in [0.29, 0.717) is 12.3 Å². The van der Waals surface area contributed by atoms with E-state index in [1.807, 2.05) is 27.7 Å². The van der Waals surface area contributed by atoms with Gasteiger partial charge >= 0.3 is 12.1 Å². The van der Waals surface area contributed by atoms with Gasteiger partial charge in [-0.25, -0.2) is 0 Å². The molecular formula is C15H24F5NO. The van der Waals surface area contributed by atoms with Crippen LogP contribution >= 0.6 is 0 Å². The number of aromatic nitrogens is 1. The summed E-state index contributed by atoms with van der Waals surface area (Å²) in [6.45, 7) is 11.1. The smallest absolute Gasteiger partial charge is 0.318 e. The summed E-state index contributed by atoms with van der Waals surface area (Å²) < 4.78 is 63.8. The minimum Gasteiger partial charge on any atom is -0.318 e. The van der Waals surface area contributed by atoms with Gasteiger partial charge in [-0.05, 0) is 12.0 Å². The van der Waals surface area contributed by atoms with E-state index in [1.165, 1.54) is 0 Å². The first-order valence-electron chi connectivity index (χ1n) is 7.14. The average Bonchev–Trinajstić information content (AvgIpc) is 2.44.